The smallest absolute Gasteiger partial charge is 0.268 e. The van der Waals surface area contributed by atoms with Gasteiger partial charge in [0.25, 0.3) is 11.8 Å². The molecule has 1 aliphatic heterocycles. The highest BCUT2D eigenvalue weighted by atomic mass is 16.2. The van der Waals surface area contributed by atoms with Crippen molar-refractivity contribution in [1.29, 1.82) is 0 Å². The van der Waals surface area contributed by atoms with Gasteiger partial charge in [-0.1, -0.05) is 24.3 Å². The number of hydrogen-bond acceptors (Lipinski definition) is 4. The molecule has 2 aromatic carbocycles. The maximum Gasteiger partial charge on any atom is 0.268 e. The van der Waals surface area contributed by atoms with Crippen LogP contribution in [-0.4, -0.2) is 59.8 Å². The second-order valence-corrected chi connectivity index (χ2v) is 10.9. The van der Waals surface area contributed by atoms with Crippen molar-refractivity contribution < 1.29 is 14.4 Å². The summed E-state index contributed by atoms with van der Waals surface area (Å²) in [6.07, 6.45) is 3.33. The van der Waals surface area contributed by atoms with Crippen LogP contribution in [-0.2, 0) is 30.0 Å². The quantitative estimate of drug-likeness (QED) is 0.504. The molecule has 0 saturated heterocycles. The molecule has 1 fully saturated rings. The zero-order valence-electron chi connectivity index (χ0n) is 23.2. The highest BCUT2D eigenvalue weighted by molar-refractivity contribution is 5.94. The molecule has 5 rings (SSSR count). The largest absolute Gasteiger partial charge is 0.347 e. The monoisotopic (exact) mass is 527 g/mol. The lowest BCUT2D eigenvalue weighted by molar-refractivity contribution is -0.116. The van der Waals surface area contributed by atoms with Gasteiger partial charge in [0.1, 0.15) is 5.69 Å². The summed E-state index contributed by atoms with van der Waals surface area (Å²) in [5.41, 5.74) is 5.57. The lowest BCUT2D eigenvalue weighted by Gasteiger charge is -2.53. The Hall–Kier alpha value is -3.91. The molecule has 0 atom stereocenters. The number of nitrogens with one attached hydrogen (secondary N) is 1. The van der Waals surface area contributed by atoms with Crippen LogP contribution < -0.4 is 10.2 Å². The van der Waals surface area contributed by atoms with Gasteiger partial charge in [-0.05, 0) is 66.8 Å². The van der Waals surface area contributed by atoms with Crippen LogP contribution in [0.25, 0.3) is 0 Å². The van der Waals surface area contributed by atoms with Crippen LogP contribution >= 0.6 is 0 Å². The number of rotatable bonds is 7. The SMILES string of the molecule is CC(=O)N(C)c1ccc(CNC(=O)c2ccc3n2CCN(Cc2ccc(C(=O)N(C)C)cc2)C32CCC2)cc1. The molecule has 0 radical (unpaired) electrons. The summed E-state index contributed by atoms with van der Waals surface area (Å²) in [6, 6.07) is 19.7. The molecule has 2 heterocycles. The third kappa shape index (κ3) is 5.08. The minimum absolute atomic E-state index is 0.0104. The van der Waals surface area contributed by atoms with Crippen molar-refractivity contribution in [1.82, 2.24) is 19.7 Å². The molecule has 1 saturated carbocycles. The lowest BCUT2D eigenvalue weighted by Crippen LogP contribution is -2.56. The lowest BCUT2D eigenvalue weighted by atomic mass is 9.71. The highest BCUT2D eigenvalue weighted by Gasteiger charge is 2.48. The first-order valence-electron chi connectivity index (χ1n) is 13.6. The van der Waals surface area contributed by atoms with Gasteiger partial charge in [-0.2, -0.15) is 0 Å². The minimum atomic E-state index is -0.0738. The first kappa shape index (κ1) is 26.7. The Morgan fingerprint density at radius 2 is 1.54 bits per heavy atom. The van der Waals surface area contributed by atoms with Crippen molar-refractivity contribution in [2.45, 2.75) is 51.4 Å². The van der Waals surface area contributed by atoms with Crippen molar-refractivity contribution in [3.63, 3.8) is 0 Å². The van der Waals surface area contributed by atoms with Gasteiger partial charge in [0.2, 0.25) is 5.91 Å². The van der Waals surface area contributed by atoms with Gasteiger partial charge in [0.15, 0.2) is 0 Å². The molecule has 2 aliphatic rings. The summed E-state index contributed by atoms with van der Waals surface area (Å²) in [4.78, 5) is 42.8. The van der Waals surface area contributed by atoms with Gasteiger partial charge < -0.3 is 19.7 Å². The van der Waals surface area contributed by atoms with Gasteiger partial charge in [0.05, 0.1) is 5.54 Å². The summed E-state index contributed by atoms with van der Waals surface area (Å²) in [7, 11) is 5.28. The molecule has 1 aliphatic carbocycles. The summed E-state index contributed by atoms with van der Waals surface area (Å²) >= 11 is 0. The topological polar surface area (TPSA) is 77.9 Å². The number of aromatic nitrogens is 1. The van der Waals surface area contributed by atoms with Crippen molar-refractivity contribution >= 4 is 23.4 Å². The average molecular weight is 528 g/mol. The van der Waals surface area contributed by atoms with Crippen molar-refractivity contribution in [3.8, 4) is 0 Å². The van der Waals surface area contributed by atoms with Gasteiger partial charge in [-0.3, -0.25) is 19.3 Å². The Balaban J connectivity index is 1.26. The Bertz CT molecular complexity index is 1370. The molecular formula is C31H37N5O3. The molecule has 1 spiro atoms. The first-order valence-corrected chi connectivity index (χ1v) is 13.6. The molecule has 1 aromatic heterocycles. The van der Waals surface area contributed by atoms with E-state index in [1.54, 1.807) is 30.9 Å². The summed E-state index contributed by atoms with van der Waals surface area (Å²) < 4.78 is 2.20. The number of fused-ring (bicyclic) bond motifs is 2. The number of anilines is 1. The second kappa shape index (κ2) is 10.7. The van der Waals surface area contributed by atoms with Crippen LogP contribution in [0.1, 0.15) is 63.9 Å². The Morgan fingerprint density at radius 1 is 0.872 bits per heavy atom. The standard InChI is InChI=1S/C31H37N5O3/c1-22(37)34(4)26-12-8-23(9-13-26)20-32-29(38)27-14-15-28-31(16-5-17-31)35(18-19-36(27)28)21-24-6-10-25(11-7-24)30(39)33(2)3/h6-15H,5,16-21H2,1-4H3,(H,32,38). The van der Waals surface area contributed by atoms with E-state index in [-0.39, 0.29) is 23.3 Å². The molecule has 8 nitrogen and oxygen atoms in total. The number of hydrogen-bond donors (Lipinski definition) is 1. The molecule has 0 unspecified atom stereocenters. The number of amides is 3. The fourth-order valence-electron chi connectivity index (χ4n) is 5.75. The molecule has 0 bridgehead atoms. The normalized spacial score (nSPS) is 15.8. The van der Waals surface area contributed by atoms with E-state index < -0.39 is 0 Å². The van der Waals surface area contributed by atoms with Crippen LogP contribution in [0.5, 0.6) is 0 Å². The van der Waals surface area contributed by atoms with Crippen molar-refractivity contribution in [2.75, 3.05) is 32.6 Å². The van der Waals surface area contributed by atoms with Crippen LogP contribution in [0.15, 0.2) is 60.7 Å². The van der Waals surface area contributed by atoms with Crippen LogP contribution in [0.2, 0.25) is 0 Å². The summed E-state index contributed by atoms with van der Waals surface area (Å²) in [5, 5.41) is 3.07. The Kier molecular flexibility index (Phi) is 7.32. The van der Waals surface area contributed by atoms with E-state index in [2.05, 4.69) is 33.0 Å². The van der Waals surface area contributed by atoms with Crippen molar-refractivity contribution in [3.05, 3.63) is 88.7 Å². The molecular weight excluding hydrogens is 490 g/mol. The Labute approximate surface area is 230 Å². The zero-order valence-corrected chi connectivity index (χ0v) is 23.2. The van der Waals surface area contributed by atoms with E-state index >= 15 is 0 Å². The number of nitrogens with zero attached hydrogens (tertiary/aromatic N) is 4. The molecule has 8 heteroatoms. The third-order valence-corrected chi connectivity index (χ3v) is 8.30. The fourth-order valence-corrected chi connectivity index (χ4v) is 5.75. The third-order valence-electron chi connectivity index (χ3n) is 8.30. The highest BCUT2D eigenvalue weighted by Crippen LogP contribution is 2.49. The van der Waals surface area contributed by atoms with E-state index in [0.717, 1.165) is 43.7 Å². The van der Waals surface area contributed by atoms with E-state index in [1.165, 1.54) is 24.6 Å². The predicted molar refractivity (Wildman–Crippen MR) is 152 cm³/mol. The summed E-state index contributed by atoms with van der Waals surface area (Å²) in [6.45, 7) is 4.40. The first-order chi connectivity index (χ1) is 18.7. The maximum atomic E-state index is 13.2. The van der Waals surface area contributed by atoms with E-state index in [0.29, 0.717) is 17.8 Å². The molecule has 3 amide bonds. The van der Waals surface area contributed by atoms with Gasteiger partial charge in [-0.25, -0.2) is 0 Å². The maximum absolute atomic E-state index is 13.2. The van der Waals surface area contributed by atoms with E-state index in [4.69, 9.17) is 0 Å². The average Bonchev–Trinajstić information content (AvgIpc) is 3.35. The minimum Gasteiger partial charge on any atom is -0.347 e. The molecule has 1 N–H and O–H groups in total. The van der Waals surface area contributed by atoms with Gasteiger partial charge in [0, 0.05) is 71.2 Å². The van der Waals surface area contributed by atoms with Crippen LogP contribution in [0.3, 0.4) is 0 Å². The van der Waals surface area contributed by atoms with Crippen LogP contribution in [0.4, 0.5) is 5.69 Å². The van der Waals surface area contributed by atoms with Gasteiger partial charge >= 0.3 is 0 Å². The summed E-state index contributed by atoms with van der Waals surface area (Å²) in [5.74, 6) is -0.0854. The molecule has 204 valence electrons. The zero-order chi connectivity index (χ0) is 27.7. The fraction of sp³-hybridized carbons (Fsp3) is 0.387. The number of carbonyl (C=O) groups excluding carboxylic acids is 3. The predicted octanol–water partition coefficient (Wildman–Crippen LogP) is 4.00. The van der Waals surface area contributed by atoms with Crippen LogP contribution in [0, 0.1) is 0 Å². The van der Waals surface area contributed by atoms with E-state index in [9.17, 15) is 14.4 Å². The van der Waals surface area contributed by atoms with Crippen molar-refractivity contribution in [2.24, 2.45) is 0 Å². The van der Waals surface area contributed by atoms with E-state index in [1.807, 2.05) is 42.5 Å². The molecule has 39 heavy (non-hydrogen) atoms. The molecule has 3 aromatic rings. The van der Waals surface area contributed by atoms with Gasteiger partial charge in [-0.15, -0.1) is 0 Å². The number of carbonyl (C=O) groups is 3. The Morgan fingerprint density at radius 3 is 2.13 bits per heavy atom. The second-order valence-electron chi connectivity index (χ2n) is 10.9. The number of benzene rings is 2.